The number of carbonyl (C=O) groups excluding carboxylic acids is 1. The van der Waals surface area contributed by atoms with Gasteiger partial charge in [-0.1, -0.05) is 0 Å². The number of nitrogens with one attached hydrogen (secondary N) is 1. The molecule has 0 aliphatic heterocycles. The van der Waals surface area contributed by atoms with E-state index in [1.54, 1.807) is 11.6 Å². The predicted octanol–water partition coefficient (Wildman–Crippen LogP) is -0.162. The van der Waals surface area contributed by atoms with Crippen molar-refractivity contribution in [3.05, 3.63) is 41.7 Å². The van der Waals surface area contributed by atoms with Gasteiger partial charge in [0, 0.05) is 18.8 Å². The molecule has 0 bridgehead atoms. The van der Waals surface area contributed by atoms with Crippen LogP contribution in [-0.2, 0) is 13.6 Å². The van der Waals surface area contributed by atoms with Crippen LogP contribution in [0.15, 0.2) is 24.7 Å². The van der Waals surface area contributed by atoms with Gasteiger partial charge < -0.3 is 15.0 Å². The summed E-state index contributed by atoms with van der Waals surface area (Å²) < 4.78 is 1.68. The SMILES string of the molecule is Cn1cnnc1CNC(=O)c1ccnc(C(=O)O)c1. The van der Waals surface area contributed by atoms with Crippen molar-refractivity contribution < 1.29 is 14.7 Å². The van der Waals surface area contributed by atoms with Crippen LogP contribution in [0.5, 0.6) is 0 Å². The number of pyridine rings is 1. The van der Waals surface area contributed by atoms with Gasteiger partial charge in [0.2, 0.25) is 0 Å². The Labute approximate surface area is 108 Å². The lowest BCUT2D eigenvalue weighted by atomic mass is 10.2. The molecule has 0 saturated carbocycles. The average molecular weight is 261 g/mol. The molecular formula is C11H11N5O3. The van der Waals surface area contributed by atoms with E-state index in [-0.39, 0.29) is 17.8 Å². The summed E-state index contributed by atoms with van der Waals surface area (Å²) in [6.07, 6.45) is 2.80. The number of rotatable bonds is 4. The van der Waals surface area contributed by atoms with Crippen LogP contribution >= 0.6 is 0 Å². The van der Waals surface area contributed by atoms with Crippen molar-refractivity contribution >= 4 is 11.9 Å². The Kier molecular flexibility index (Phi) is 3.51. The van der Waals surface area contributed by atoms with Gasteiger partial charge in [0.1, 0.15) is 12.0 Å². The van der Waals surface area contributed by atoms with E-state index in [4.69, 9.17) is 5.11 Å². The van der Waals surface area contributed by atoms with Gasteiger partial charge in [0.05, 0.1) is 6.54 Å². The Hall–Kier alpha value is -2.77. The third-order valence-corrected chi connectivity index (χ3v) is 2.45. The van der Waals surface area contributed by atoms with Crippen molar-refractivity contribution in [3.63, 3.8) is 0 Å². The van der Waals surface area contributed by atoms with E-state index in [0.29, 0.717) is 5.82 Å². The number of carbonyl (C=O) groups is 2. The van der Waals surface area contributed by atoms with Crippen LogP contribution in [0.25, 0.3) is 0 Å². The van der Waals surface area contributed by atoms with Crippen molar-refractivity contribution in [1.29, 1.82) is 0 Å². The summed E-state index contributed by atoms with van der Waals surface area (Å²) in [5, 5.41) is 18.9. The number of aromatic nitrogens is 4. The highest BCUT2D eigenvalue weighted by Gasteiger charge is 2.11. The standard InChI is InChI=1S/C11H11N5O3/c1-16-6-14-15-9(16)5-13-10(17)7-2-3-12-8(4-7)11(18)19/h2-4,6H,5H2,1H3,(H,13,17)(H,18,19). The topological polar surface area (TPSA) is 110 Å². The van der Waals surface area contributed by atoms with Crippen LogP contribution < -0.4 is 5.32 Å². The van der Waals surface area contributed by atoms with E-state index in [9.17, 15) is 9.59 Å². The summed E-state index contributed by atoms with van der Waals surface area (Å²) >= 11 is 0. The molecule has 0 radical (unpaired) electrons. The molecule has 0 spiro atoms. The molecule has 0 fully saturated rings. The molecule has 2 aromatic heterocycles. The lowest BCUT2D eigenvalue weighted by Crippen LogP contribution is -2.24. The zero-order valence-electron chi connectivity index (χ0n) is 10.1. The Balaban J connectivity index is 2.06. The normalized spacial score (nSPS) is 10.2. The maximum absolute atomic E-state index is 11.8. The van der Waals surface area contributed by atoms with Crippen LogP contribution in [0, 0.1) is 0 Å². The highest BCUT2D eigenvalue weighted by Crippen LogP contribution is 2.02. The number of aryl methyl sites for hydroxylation is 1. The van der Waals surface area contributed by atoms with Crippen LogP contribution in [0.1, 0.15) is 26.7 Å². The minimum atomic E-state index is -1.18. The highest BCUT2D eigenvalue weighted by molar-refractivity contribution is 5.96. The first-order valence-corrected chi connectivity index (χ1v) is 5.38. The Morgan fingerprint density at radius 1 is 1.47 bits per heavy atom. The fraction of sp³-hybridized carbons (Fsp3) is 0.182. The van der Waals surface area contributed by atoms with Gasteiger partial charge in [-0.2, -0.15) is 0 Å². The molecule has 2 heterocycles. The van der Waals surface area contributed by atoms with Crippen molar-refractivity contribution in [2.24, 2.45) is 7.05 Å². The fourth-order valence-corrected chi connectivity index (χ4v) is 1.42. The number of amides is 1. The number of carboxylic acids is 1. The molecule has 1 amide bonds. The van der Waals surface area contributed by atoms with Crippen molar-refractivity contribution in [2.45, 2.75) is 6.54 Å². The summed E-state index contributed by atoms with van der Waals surface area (Å²) in [6.45, 7) is 0.208. The summed E-state index contributed by atoms with van der Waals surface area (Å²) in [7, 11) is 1.76. The zero-order valence-corrected chi connectivity index (χ0v) is 10.1. The van der Waals surface area contributed by atoms with Gasteiger partial charge in [-0.15, -0.1) is 10.2 Å². The van der Waals surface area contributed by atoms with Crippen LogP contribution in [0.2, 0.25) is 0 Å². The first-order valence-electron chi connectivity index (χ1n) is 5.38. The second-order valence-corrected chi connectivity index (χ2v) is 3.78. The zero-order chi connectivity index (χ0) is 13.8. The third-order valence-electron chi connectivity index (χ3n) is 2.45. The number of nitrogens with zero attached hydrogens (tertiary/aromatic N) is 4. The van der Waals surface area contributed by atoms with Crippen LogP contribution in [0.3, 0.4) is 0 Å². The first-order chi connectivity index (χ1) is 9.08. The lowest BCUT2D eigenvalue weighted by Gasteiger charge is -2.05. The molecular weight excluding hydrogens is 250 g/mol. The summed E-state index contributed by atoms with van der Waals surface area (Å²) in [6, 6.07) is 2.66. The Bertz CT molecular complexity index is 622. The fourth-order valence-electron chi connectivity index (χ4n) is 1.42. The highest BCUT2D eigenvalue weighted by atomic mass is 16.4. The largest absolute Gasteiger partial charge is 0.477 e. The molecule has 2 rings (SSSR count). The molecule has 2 aromatic rings. The van der Waals surface area contributed by atoms with Gasteiger partial charge >= 0.3 is 5.97 Å². The monoisotopic (exact) mass is 261 g/mol. The average Bonchev–Trinajstić information content (AvgIpc) is 2.81. The number of carboxylic acid groups (broad SMARTS) is 1. The Morgan fingerprint density at radius 2 is 2.26 bits per heavy atom. The molecule has 2 N–H and O–H groups in total. The molecule has 19 heavy (non-hydrogen) atoms. The second kappa shape index (κ2) is 5.25. The van der Waals surface area contributed by atoms with Crippen LogP contribution in [-0.4, -0.2) is 36.7 Å². The van der Waals surface area contributed by atoms with Crippen LogP contribution in [0.4, 0.5) is 0 Å². The van der Waals surface area contributed by atoms with Gasteiger partial charge in [0.25, 0.3) is 5.91 Å². The number of hydrogen-bond donors (Lipinski definition) is 2. The van der Waals surface area contributed by atoms with Gasteiger partial charge in [-0.25, -0.2) is 9.78 Å². The quantitative estimate of drug-likeness (QED) is 0.791. The van der Waals surface area contributed by atoms with Crippen molar-refractivity contribution in [2.75, 3.05) is 0 Å². The molecule has 0 saturated heterocycles. The molecule has 8 heteroatoms. The summed E-state index contributed by atoms with van der Waals surface area (Å²) in [5.41, 5.74) is 0.0564. The molecule has 8 nitrogen and oxygen atoms in total. The van der Waals surface area contributed by atoms with E-state index in [1.807, 2.05) is 0 Å². The van der Waals surface area contributed by atoms with Crippen molar-refractivity contribution in [1.82, 2.24) is 25.1 Å². The summed E-state index contributed by atoms with van der Waals surface area (Å²) in [5.74, 6) is -0.975. The maximum Gasteiger partial charge on any atom is 0.354 e. The molecule has 0 unspecified atom stereocenters. The first kappa shape index (κ1) is 12.7. The number of hydrogen-bond acceptors (Lipinski definition) is 5. The predicted molar refractivity (Wildman–Crippen MR) is 63.4 cm³/mol. The van der Waals surface area contributed by atoms with E-state index >= 15 is 0 Å². The third kappa shape index (κ3) is 2.92. The van der Waals surface area contributed by atoms with E-state index in [0.717, 1.165) is 0 Å². The minimum Gasteiger partial charge on any atom is -0.477 e. The summed E-state index contributed by atoms with van der Waals surface area (Å²) in [4.78, 5) is 26.2. The maximum atomic E-state index is 11.8. The molecule has 0 atom stereocenters. The second-order valence-electron chi connectivity index (χ2n) is 3.78. The van der Waals surface area contributed by atoms with Crippen molar-refractivity contribution in [3.8, 4) is 0 Å². The molecule has 0 aliphatic rings. The number of aromatic carboxylic acids is 1. The van der Waals surface area contributed by atoms with E-state index in [1.165, 1.54) is 24.7 Å². The molecule has 0 aliphatic carbocycles. The van der Waals surface area contributed by atoms with Gasteiger partial charge in [-0.3, -0.25) is 4.79 Å². The van der Waals surface area contributed by atoms with Gasteiger partial charge in [0.15, 0.2) is 5.82 Å². The van der Waals surface area contributed by atoms with Gasteiger partial charge in [-0.05, 0) is 12.1 Å². The smallest absolute Gasteiger partial charge is 0.354 e. The minimum absolute atomic E-state index is 0.175. The van der Waals surface area contributed by atoms with E-state index < -0.39 is 11.9 Å². The lowest BCUT2D eigenvalue weighted by molar-refractivity contribution is 0.0690. The molecule has 0 aromatic carbocycles. The van der Waals surface area contributed by atoms with E-state index in [2.05, 4.69) is 20.5 Å². The molecule has 98 valence electrons. The Morgan fingerprint density at radius 3 is 2.89 bits per heavy atom.